The molecule has 1 fully saturated rings. The van der Waals surface area contributed by atoms with E-state index in [4.69, 9.17) is 15.3 Å². The number of sulfonamides is 1. The fourth-order valence-electron chi connectivity index (χ4n) is 3.50. The van der Waals surface area contributed by atoms with Crippen molar-refractivity contribution < 1.29 is 18.0 Å². The summed E-state index contributed by atoms with van der Waals surface area (Å²) in [5, 5.41) is 4.08. The Morgan fingerprint density at radius 3 is 2.70 bits per heavy atom. The van der Waals surface area contributed by atoms with Crippen LogP contribution in [-0.4, -0.2) is 66.8 Å². The maximum Gasteiger partial charge on any atom is 0.243 e. The number of ether oxygens (including phenoxy) is 1. The molecule has 1 aromatic carbocycles. The highest BCUT2D eigenvalue weighted by Gasteiger charge is 2.27. The Morgan fingerprint density at radius 2 is 2.00 bits per heavy atom. The van der Waals surface area contributed by atoms with Crippen molar-refractivity contribution in [1.29, 1.82) is 0 Å². The first-order chi connectivity index (χ1) is 15.9. The number of benzene rings is 1. The van der Waals surface area contributed by atoms with Crippen molar-refractivity contribution in [2.75, 3.05) is 39.1 Å². The molecule has 0 bridgehead atoms. The summed E-state index contributed by atoms with van der Waals surface area (Å²) in [5.74, 6) is 0.160. The molecule has 33 heavy (non-hydrogen) atoms. The van der Waals surface area contributed by atoms with Crippen molar-refractivity contribution in [3.8, 4) is 11.3 Å². The zero-order chi connectivity index (χ0) is 23.4. The van der Waals surface area contributed by atoms with Crippen molar-refractivity contribution in [2.24, 2.45) is 5.16 Å². The van der Waals surface area contributed by atoms with Crippen LogP contribution in [0.15, 0.2) is 59.0 Å². The summed E-state index contributed by atoms with van der Waals surface area (Å²) in [6.45, 7) is 3.27. The van der Waals surface area contributed by atoms with E-state index >= 15 is 0 Å². The Balaban J connectivity index is 1.79. The highest BCUT2D eigenvalue weighted by molar-refractivity contribution is 7.89. The Bertz CT molecular complexity index is 1280. The average molecular weight is 469 g/mol. The van der Waals surface area contributed by atoms with Crippen molar-refractivity contribution in [1.82, 2.24) is 19.3 Å². The number of anilines is 1. The molecule has 4 rings (SSSR count). The minimum absolute atomic E-state index is 0.160. The number of nitrogen functional groups attached to an aromatic ring is 1. The maximum atomic E-state index is 13.2. The van der Waals surface area contributed by atoms with Gasteiger partial charge in [-0.1, -0.05) is 11.2 Å². The van der Waals surface area contributed by atoms with Crippen LogP contribution in [0.25, 0.3) is 11.3 Å². The molecule has 0 saturated carbocycles. The van der Waals surface area contributed by atoms with Gasteiger partial charge in [0, 0.05) is 36.6 Å². The van der Waals surface area contributed by atoms with Crippen LogP contribution in [0.3, 0.4) is 0 Å². The number of oxime groups is 1. The Morgan fingerprint density at radius 1 is 1.21 bits per heavy atom. The van der Waals surface area contributed by atoms with Gasteiger partial charge in [-0.25, -0.2) is 18.4 Å². The normalized spacial score (nSPS) is 15.4. The second-order valence-corrected chi connectivity index (χ2v) is 9.28. The molecule has 2 N–H and O–H groups in total. The van der Waals surface area contributed by atoms with Gasteiger partial charge in [-0.15, -0.1) is 0 Å². The molecule has 0 radical (unpaired) electrons. The van der Waals surface area contributed by atoms with E-state index in [1.165, 1.54) is 17.6 Å². The topological polar surface area (TPSA) is 133 Å². The molecule has 10 nitrogen and oxygen atoms in total. The predicted molar refractivity (Wildman–Crippen MR) is 123 cm³/mol. The standard InChI is InChI=1S/C22H24N6O4S/c1-15-5-6-17(33(29,30)28-8-10-32-11-9-28)12-18(15)19-14-25-22(23)21(26-19)20(27-31-2)16-4-3-7-24-13-16/h3-7,12-14H,8-11H2,1-2H3,(H2,23,25). The van der Waals surface area contributed by atoms with E-state index in [-0.39, 0.29) is 10.7 Å². The Hall–Kier alpha value is -3.41. The highest BCUT2D eigenvalue weighted by atomic mass is 32.2. The Labute approximate surface area is 192 Å². The summed E-state index contributed by atoms with van der Waals surface area (Å²) < 4.78 is 33.0. The molecular formula is C22H24N6O4S. The maximum absolute atomic E-state index is 13.2. The number of nitrogens with two attached hydrogens (primary N) is 1. The number of aromatic nitrogens is 3. The molecule has 0 aliphatic carbocycles. The molecule has 11 heteroatoms. The van der Waals surface area contributed by atoms with Gasteiger partial charge in [-0.3, -0.25) is 4.98 Å². The second-order valence-electron chi connectivity index (χ2n) is 7.35. The van der Waals surface area contributed by atoms with Crippen molar-refractivity contribution in [3.63, 3.8) is 0 Å². The van der Waals surface area contributed by atoms with Gasteiger partial charge in [0.15, 0.2) is 5.82 Å². The van der Waals surface area contributed by atoms with Crippen molar-refractivity contribution in [2.45, 2.75) is 11.8 Å². The lowest BCUT2D eigenvalue weighted by molar-refractivity contribution is 0.0730. The van der Waals surface area contributed by atoms with E-state index < -0.39 is 10.0 Å². The van der Waals surface area contributed by atoms with Crippen LogP contribution in [0.1, 0.15) is 16.8 Å². The molecule has 0 spiro atoms. The van der Waals surface area contributed by atoms with Gasteiger partial charge in [-0.2, -0.15) is 4.31 Å². The quantitative estimate of drug-likeness (QED) is 0.428. The number of hydrogen-bond acceptors (Lipinski definition) is 9. The third-order valence-corrected chi connectivity index (χ3v) is 7.13. The van der Waals surface area contributed by atoms with Crippen LogP contribution in [0, 0.1) is 6.92 Å². The third-order valence-electron chi connectivity index (χ3n) is 5.24. The largest absolute Gasteiger partial charge is 0.399 e. The van der Waals surface area contributed by atoms with Gasteiger partial charge in [0.05, 0.1) is 30.0 Å². The van der Waals surface area contributed by atoms with Gasteiger partial charge in [0.25, 0.3) is 0 Å². The number of pyridine rings is 1. The van der Waals surface area contributed by atoms with Gasteiger partial charge in [0.1, 0.15) is 18.5 Å². The zero-order valence-electron chi connectivity index (χ0n) is 18.3. The molecule has 3 heterocycles. The summed E-state index contributed by atoms with van der Waals surface area (Å²) in [4.78, 5) is 18.3. The summed E-state index contributed by atoms with van der Waals surface area (Å²) in [7, 11) is -2.24. The second kappa shape index (κ2) is 9.61. The Kier molecular flexibility index (Phi) is 6.63. The number of hydrogen-bond donors (Lipinski definition) is 1. The molecule has 3 aromatic rings. The van der Waals surface area contributed by atoms with Crippen LogP contribution in [-0.2, 0) is 19.6 Å². The predicted octanol–water partition coefficient (Wildman–Crippen LogP) is 1.85. The molecule has 172 valence electrons. The molecular weight excluding hydrogens is 444 g/mol. The van der Waals surface area contributed by atoms with E-state index in [1.54, 1.807) is 42.7 Å². The summed E-state index contributed by atoms with van der Waals surface area (Å²) >= 11 is 0. The zero-order valence-corrected chi connectivity index (χ0v) is 19.1. The fraction of sp³-hybridized carbons (Fsp3) is 0.273. The summed E-state index contributed by atoms with van der Waals surface area (Å²) in [6.07, 6.45) is 4.77. The number of rotatable bonds is 6. The van der Waals surface area contributed by atoms with Crippen LogP contribution in [0.2, 0.25) is 0 Å². The molecule has 2 aromatic heterocycles. The third kappa shape index (κ3) is 4.70. The van der Waals surface area contributed by atoms with E-state index in [9.17, 15) is 8.42 Å². The minimum atomic E-state index is -3.67. The van der Waals surface area contributed by atoms with Gasteiger partial charge >= 0.3 is 0 Å². The van der Waals surface area contributed by atoms with Crippen LogP contribution in [0.4, 0.5) is 5.82 Å². The molecule has 1 saturated heterocycles. The van der Waals surface area contributed by atoms with Crippen molar-refractivity contribution in [3.05, 3.63) is 65.7 Å². The first-order valence-corrected chi connectivity index (χ1v) is 11.7. The van der Waals surface area contributed by atoms with E-state index in [0.717, 1.165) is 5.56 Å². The first kappa shape index (κ1) is 22.8. The summed E-state index contributed by atoms with van der Waals surface area (Å²) in [5.41, 5.74) is 9.38. The number of aryl methyl sites for hydroxylation is 1. The smallest absolute Gasteiger partial charge is 0.243 e. The fourth-order valence-corrected chi connectivity index (χ4v) is 4.94. The highest BCUT2D eigenvalue weighted by Crippen LogP contribution is 2.28. The lowest BCUT2D eigenvalue weighted by Gasteiger charge is -2.26. The SMILES string of the molecule is CON=C(c1cccnc1)c1nc(-c2cc(S(=O)(=O)N3CCOCC3)ccc2C)cnc1N. The molecule has 0 atom stereocenters. The van der Waals surface area contributed by atoms with Crippen LogP contribution < -0.4 is 5.73 Å². The van der Waals surface area contributed by atoms with Gasteiger partial charge in [-0.05, 0) is 36.8 Å². The molecule has 1 aliphatic heterocycles. The number of nitrogens with zero attached hydrogens (tertiary/aromatic N) is 5. The molecule has 1 aliphatic rings. The van der Waals surface area contributed by atoms with E-state index in [1.807, 2.05) is 6.92 Å². The van der Waals surface area contributed by atoms with Crippen LogP contribution in [0.5, 0.6) is 0 Å². The molecule has 0 unspecified atom stereocenters. The lowest BCUT2D eigenvalue weighted by Crippen LogP contribution is -2.40. The van der Waals surface area contributed by atoms with E-state index in [0.29, 0.717) is 54.5 Å². The van der Waals surface area contributed by atoms with E-state index in [2.05, 4.69) is 20.1 Å². The van der Waals surface area contributed by atoms with Gasteiger partial charge < -0.3 is 15.3 Å². The summed E-state index contributed by atoms with van der Waals surface area (Å²) in [6, 6.07) is 8.53. The first-order valence-electron chi connectivity index (χ1n) is 10.2. The van der Waals surface area contributed by atoms with Crippen molar-refractivity contribution >= 4 is 21.6 Å². The molecule has 0 amide bonds. The van der Waals surface area contributed by atoms with Gasteiger partial charge in [0.2, 0.25) is 10.0 Å². The lowest BCUT2D eigenvalue weighted by atomic mass is 10.1. The average Bonchev–Trinajstić information content (AvgIpc) is 2.84. The minimum Gasteiger partial charge on any atom is -0.399 e. The monoisotopic (exact) mass is 468 g/mol. The van der Waals surface area contributed by atoms with Crippen LogP contribution >= 0.6 is 0 Å². The number of morpholine rings is 1.